The molecule has 18 heavy (non-hydrogen) atoms. The number of pyridine rings is 1. The Morgan fingerprint density at radius 3 is 2.33 bits per heavy atom. The summed E-state index contributed by atoms with van der Waals surface area (Å²) in [6.45, 7) is 0.440. The Morgan fingerprint density at radius 1 is 0.944 bits per heavy atom. The van der Waals surface area contributed by atoms with E-state index in [1.807, 2.05) is 30.3 Å². The average molecular weight is 252 g/mol. The van der Waals surface area contributed by atoms with Gasteiger partial charge in [0, 0.05) is 6.54 Å². The fraction of sp³-hybridized carbons (Fsp3) is 0.154. The van der Waals surface area contributed by atoms with Gasteiger partial charge in [0.15, 0.2) is 0 Å². The highest BCUT2D eigenvalue weighted by atomic mass is 19.4. The van der Waals surface area contributed by atoms with Crippen molar-refractivity contribution in [2.45, 2.75) is 12.7 Å². The van der Waals surface area contributed by atoms with Gasteiger partial charge >= 0.3 is 6.18 Å². The Bertz CT molecular complexity index is 509. The molecule has 1 aromatic carbocycles. The summed E-state index contributed by atoms with van der Waals surface area (Å²) in [6, 6.07) is 13.2. The van der Waals surface area contributed by atoms with Crippen molar-refractivity contribution in [1.82, 2.24) is 4.98 Å². The lowest BCUT2D eigenvalue weighted by molar-refractivity contribution is -0.141. The molecule has 0 spiro atoms. The lowest BCUT2D eigenvalue weighted by Crippen LogP contribution is -2.10. The van der Waals surface area contributed by atoms with Crippen molar-refractivity contribution in [2.24, 2.45) is 0 Å². The third-order valence-electron chi connectivity index (χ3n) is 2.36. The molecule has 2 nitrogen and oxygen atoms in total. The molecule has 0 amide bonds. The van der Waals surface area contributed by atoms with Gasteiger partial charge in [0.2, 0.25) is 0 Å². The molecule has 5 heteroatoms. The maximum absolute atomic E-state index is 12.4. The minimum atomic E-state index is -4.41. The Kier molecular flexibility index (Phi) is 3.50. The first-order valence-electron chi connectivity index (χ1n) is 5.38. The molecule has 0 radical (unpaired) electrons. The normalized spacial score (nSPS) is 11.3. The van der Waals surface area contributed by atoms with Crippen LogP contribution in [-0.4, -0.2) is 4.98 Å². The van der Waals surface area contributed by atoms with E-state index in [0.717, 1.165) is 11.6 Å². The number of alkyl halides is 3. The second kappa shape index (κ2) is 5.08. The van der Waals surface area contributed by atoms with Crippen LogP contribution >= 0.6 is 0 Å². The first kappa shape index (κ1) is 12.4. The molecular weight excluding hydrogens is 241 g/mol. The molecule has 0 fully saturated rings. The summed E-state index contributed by atoms with van der Waals surface area (Å²) in [5.41, 5.74) is 0.0947. The van der Waals surface area contributed by atoms with E-state index in [4.69, 9.17) is 0 Å². The van der Waals surface area contributed by atoms with Crippen LogP contribution < -0.4 is 5.32 Å². The third-order valence-corrected chi connectivity index (χ3v) is 2.36. The van der Waals surface area contributed by atoms with Crippen LogP contribution in [0.4, 0.5) is 19.0 Å². The molecule has 1 N–H and O–H groups in total. The molecule has 1 heterocycles. The van der Waals surface area contributed by atoms with Crippen molar-refractivity contribution in [3.63, 3.8) is 0 Å². The van der Waals surface area contributed by atoms with E-state index in [9.17, 15) is 13.2 Å². The largest absolute Gasteiger partial charge is 0.433 e. The maximum atomic E-state index is 12.4. The van der Waals surface area contributed by atoms with E-state index in [1.165, 1.54) is 12.1 Å². The highest BCUT2D eigenvalue weighted by Crippen LogP contribution is 2.28. The van der Waals surface area contributed by atoms with E-state index >= 15 is 0 Å². The monoisotopic (exact) mass is 252 g/mol. The second-order valence-electron chi connectivity index (χ2n) is 3.74. The molecule has 0 aliphatic rings. The molecule has 1 aromatic heterocycles. The minimum absolute atomic E-state index is 0.216. The van der Waals surface area contributed by atoms with E-state index in [1.54, 1.807) is 0 Å². The first-order valence-corrected chi connectivity index (χ1v) is 5.38. The Hall–Kier alpha value is -2.04. The molecule has 0 aliphatic carbocycles. The first-order chi connectivity index (χ1) is 8.55. The van der Waals surface area contributed by atoms with Crippen LogP contribution in [0.2, 0.25) is 0 Å². The maximum Gasteiger partial charge on any atom is 0.433 e. The molecular formula is C13H11F3N2. The van der Waals surface area contributed by atoms with Crippen LogP contribution in [0.5, 0.6) is 0 Å². The van der Waals surface area contributed by atoms with Gasteiger partial charge in [-0.25, -0.2) is 4.98 Å². The predicted octanol–water partition coefficient (Wildman–Crippen LogP) is 3.71. The van der Waals surface area contributed by atoms with Gasteiger partial charge in [-0.15, -0.1) is 0 Å². The number of hydrogen-bond donors (Lipinski definition) is 1. The average Bonchev–Trinajstić information content (AvgIpc) is 2.37. The Morgan fingerprint density at radius 2 is 1.67 bits per heavy atom. The molecule has 0 atom stereocenters. The van der Waals surface area contributed by atoms with Gasteiger partial charge in [-0.1, -0.05) is 36.4 Å². The molecule has 0 unspecified atom stereocenters. The highest BCUT2D eigenvalue weighted by molar-refractivity contribution is 5.37. The van der Waals surface area contributed by atoms with Crippen LogP contribution in [0, 0.1) is 0 Å². The van der Waals surface area contributed by atoms with Crippen LogP contribution in [0.1, 0.15) is 11.3 Å². The molecule has 0 saturated heterocycles. The van der Waals surface area contributed by atoms with Gasteiger partial charge in [-0.2, -0.15) is 13.2 Å². The zero-order valence-electron chi connectivity index (χ0n) is 9.41. The quantitative estimate of drug-likeness (QED) is 0.900. The van der Waals surface area contributed by atoms with E-state index < -0.39 is 11.9 Å². The van der Waals surface area contributed by atoms with Gasteiger partial charge < -0.3 is 5.32 Å². The molecule has 2 aromatic rings. The number of rotatable bonds is 3. The zero-order chi connectivity index (χ0) is 13.0. The van der Waals surface area contributed by atoms with Gasteiger partial charge in [-0.05, 0) is 17.7 Å². The number of benzene rings is 1. The van der Waals surface area contributed by atoms with Crippen molar-refractivity contribution < 1.29 is 13.2 Å². The van der Waals surface area contributed by atoms with Gasteiger partial charge in [0.05, 0.1) is 0 Å². The van der Waals surface area contributed by atoms with Crippen LogP contribution in [-0.2, 0) is 12.7 Å². The minimum Gasteiger partial charge on any atom is -0.366 e. The standard InChI is InChI=1S/C13H11F3N2/c14-13(15,16)11-7-4-8-12(18-11)17-9-10-5-2-1-3-6-10/h1-8H,9H2,(H,17,18). The van der Waals surface area contributed by atoms with Gasteiger partial charge in [0.25, 0.3) is 0 Å². The predicted molar refractivity (Wildman–Crippen MR) is 63.0 cm³/mol. The number of anilines is 1. The zero-order valence-corrected chi connectivity index (χ0v) is 9.41. The van der Waals surface area contributed by atoms with E-state index in [0.29, 0.717) is 6.54 Å². The lowest BCUT2D eigenvalue weighted by atomic mass is 10.2. The fourth-order valence-electron chi connectivity index (χ4n) is 1.48. The second-order valence-corrected chi connectivity index (χ2v) is 3.74. The van der Waals surface area contributed by atoms with Gasteiger partial charge in [-0.3, -0.25) is 0 Å². The molecule has 2 rings (SSSR count). The molecule has 0 saturated carbocycles. The van der Waals surface area contributed by atoms with Crippen molar-refractivity contribution in [3.8, 4) is 0 Å². The molecule has 94 valence electrons. The highest BCUT2D eigenvalue weighted by Gasteiger charge is 2.32. The fourth-order valence-corrected chi connectivity index (χ4v) is 1.48. The van der Waals surface area contributed by atoms with Crippen LogP contribution in [0.3, 0.4) is 0 Å². The number of nitrogens with one attached hydrogen (secondary N) is 1. The molecule has 0 aliphatic heterocycles. The Labute approximate surface area is 102 Å². The molecule has 0 bridgehead atoms. The summed E-state index contributed by atoms with van der Waals surface area (Å²) in [4.78, 5) is 3.52. The van der Waals surface area contributed by atoms with E-state index in [-0.39, 0.29) is 5.82 Å². The summed E-state index contributed by atoms with van der Waals surface area (Å²) in [5, 5.41) is 2.86. The van der Waals surface area contributed by atoms with Gasteiger partial charge in [0.1, 0.15) is 11.5 Å². The number of hydrogen-bond acceptors (Lipinski definition) is 2. The smallest absolute Gasteiger partial charge is 0.366 e. The van der Waals surface area contributed by atoms with Crippen molar-refractivity contribution >= 4 is 5.82 Å². The summed E-state index contributed by atoms with van der Waals surface area (Å²) in [5.74, 6) is 0.216. The lowest BCUT2D eigenvalue weighted by Gasteiger charge is -2.09. The number of nitrogens with zero attached hydrogens (tertiary/aromatic N) is 1. The van der Waals surface area contributed by atoms with Crippen molar-refractivity contribution in [1.29, 1.82) is 0 Å². The van der Waals surface area contributed by atoms with Crippen molar-refractivity contribution in [2.75, 3.05) is 5.32 Å². The number of halogens is 3. The third kappa shape index (κ3) is 3.23. The summed E-state index contributed by atoms with van der Waals surface area (Å²) in [6.07, 6.45) is -4.41. The SMILES string of the molecule is FC(F)(F)c1cccc(NCc2ccccc2)n1. The van der Waals surface area contributed by atoms with E-state index in [2.05, 4.69) is 10.3 Å². The Balaban J connectivity index is 2.06. The van der Waals surface area contributed by atoms with Crippen LogP contribution in [0.15, 0.2) is 48.5 Å². The summed E-state index contributed by atoms with van der Waals surface area (Å²) >= 11 is 0. The van der Waals surface area contributed by atoms with Crippen molar-refractivity contribution in [3.05, 3.63) is 59.8 Å². The topological polar surface area (TPSA) is 24.9 Å². The number of aromatic nitrogens is 1. The summed E-state index contributed by atoms with van der Waals surface area (Å²) in [7, 11) is 0. The summed E-state index contributed by atoms with van der Waals surface area (Å²) < 4.78 is 37.3. The van der Waals surface area contributed by atoms with Crippen LogP contribution in [0.25, 0.3) is 0 Å².